The van der Waals surface area contributed by atoms with Gasteiger partial charge in [0.25, 0.3) is 11.1 Å². The zero-order valence-corrected chi connectivity index (χ0v) is 21.1. The van der Waals surface area contributed by atoms with Crippen LogP contribution in [-0.2, 0) is 16.1 Å². The van der Waals surface area contributed by atoms with Crippen LogP contribution in [0.5, 0.6) is 0 Å². The fraction of sp³-hybridized carbons (Fsp3) is 0.269. The first-order valence-corrected chi connectivity index (χ1v) is 12.9. The molecule has 2 saturated heterocycles. The first-order valence-electron chi connectivity index (χ1n) is 11.3. The minimum atomic E-state index is -0.337. The van der Waals surface area contributed by atoms with Gasteiger partial charge in [0.05, 0.1) is 10.6 Å². The lowest BCUT2D eigenvalue weighted by atomic mass is 9.99. The van der Waals surface area contributed by atoms with Crippen molar-refractivity contribution in [3.63, 3.8) is 0 Å². The average molecular weight is 538 g/mol. The molecule has 2 aliphatic rings. The van der Waals surface area contributed by atoms with E-state index in [9.17, 15) is 14.4 Å². The SMILES string of the molecule is CC1CCN(C(=O)Cn2cc(/C=C3\SC(=O)N(c4ccccc4)C3=O)c3cc(Br)ccc32)CC1. The largest absolute Gasteiger partial charge is 0.341 e. The lowest BCUT2D eigenvalue weighted by Crippen LogP contribution is -2.39. The Bertz CT molecular complexity index is 1310. The number of thioether (sulfide) groups is 1. The van der Waals surface area contributed by atoms with Crippen molar-refractivity contribution in [3.8, 4) is 0 Å². The molecule has 3 amide bonds. The van der Waals surface area contributed by atoms with Crippen LogP contribution in [0.3, 0.4) is 0 Å². The minimum Gasteiger partial charge on any atom is -0.341 e. The quantitative estimate of drug-likeness (QED) is 0.388. The van der Waals surface area contributed by atoms with Crippen LogP contribution >= 0.6 is 27.7 Å². The topological polar surface area (TPSA) is 62.6 Å². The summed E-state index contributed by atoms with van der Waals surface area (Å²) in [5.74, 6) is 0.421. The van der Waals surface area contributed by atoms with Crippen molar-refractivity contribution in [3.05, 3.63) is 69.7 Å². The Morgan fingerprint density at radius 2 is 1.85 bits per heavy atom. The molecule has 34 heavy (non-hydrogen) atoms. The van der Waals surface area contributed by atoms with E-state index < -0.39 is 0 Å². The highest BCUT2D eigenvalue weighted by Gasteiger charge is 2.36. The molecule has 6 nitrogen and oxygen atoms in total. The van der Waals surface area contributed by atoms with Gasteiger partial charge in [0.15, 0.2) is 0 Å². The van der Waals surface area contributed by atoms with Crippen molar-refractivity contribution >= 4 is 67.4 Å². The van der Waals surface area contributed by atoms with E-state index in [1.54, 1.807) is 30.3 Å². The predicted molar refractivity (Wildman–Crippen MR) is 140 cm³/mol. The number of anilines is 1. The second-order valence-electron chi connectivity index (χ2n) is 8.79. The Labute approximate surface area is 210 Å². The molecule has 2 aliphatic heterocycles. The van der Waals surface area contributed by atoms with Crippen molar-refractivity contribution in [2.24, 2.45) is 5.92 Å². The number of benzene rings is 2. The van der Waals surface area contributed by atoms with E-state index in [4.69, 9.17) is 0 Å². The van der Waals surface area contributed by atoms with Gasteiger partial charge in [-0.25, -0.2) is 4.90 Å². The molecule has 0 bridgehead atoms. The van der Waals surface area contributed by atoms with Crippen LogP contribution in [0, 0.1) is 5.92 Å². The monoisotopic (exact) mass is 537 g/mol. The number of halogens is 1. The van der Waals surface area contributed by atoms with Gasteiger partial charge < -0.3 is 9.47 Å². The number of carbonyl (C=O) groups is 3. The first-order chi connectivity index (χ1) is 16.4. The smallest absolute Gasteiger partial charge is 0.298 e. The summed E-state index contributed by atoms with van der Waals surface area (Å²) in [4.78, 5) is 42.2. The number of imide groups is 1. The lowest BCUT2D eigenvalue weighted by molar-refractivity contribution is -0.133. The Kier molecular flexibility index (Phi) is 6.36. The molecule has 0 unspecified atom stereocenters. The summed E-state index contributed by atoms with van der Waals surface area (Å²) in [5.41, 5.74) is 2.27. The van der Waals surface area contributed by atoms with Crippen molar-refractivity contribution in [1.29, 1.82) is 0 Å². The highest BCUT2D eigenvalue weighted by Crippen LogP contribution is 2.37. The van der Waals surface area contributed by atoms with E-state index in [0.717, 1.165) is 58.6 Å². The van der Waals surface area contributed by atoms with Crippen LogP contribution in [0.4, 0.5) is 10.5 Å². The number of para-hydroxylation sites is 1. The summed E-state index contributed by atoms with van der Waals surface area (Å²) in [6, 6.07) is 14.8. The van der Waals surface area contributed by atoms with Gasteiger partial charge in [0, 0.05) is 40.2 Å². The number of piperidine rings is 1. The van der Waals surface area contributed by atoms with Gasteiger partial charge in [-0.1, -0.05) is 41.1 Å². The Morgan fingerprint density at radius 3 is 2.59 bits per heavy atom. The van der Waals surface area contributed by atoms with Crippen LogP contribution in [0.1, 0.15) is 25.3 Å². The number of aromatic nitrogens is 1. The van der Waals surface area contributed by atoms with Crippen LogP contribution in [0.2, 0.25) is 0 Å². The molecule has 0 aliphatic carbocycles. The molecule has 0 atom stereocenters. The van der Waals surface area contributed by atoms with Gasteiger partial charge in [0.1, 0.15) is 6.54 Å². The summed E-state index contributed by atoms with van der Waals surface area (Å²) in [5, 5.41) is 0.600. The maximum absolute atomic E-state index is 13.1. The fourth-order valence-electron chi connectivity index (χ4n) is 4.46. The highest BCUT2D eigenvalue weighted by atomic mass is 79.9. The number of fused-ring (bicyclic) bond motifs is 1. The first kappa shape index (κ1) is 22.9. The summed E-state index contributed by atoms with van der Waals surface area (Å²) < 4.78 is 2.84. The van der Waals surface area contributed by atoms with Gasteiger partial charge in [-0.2, -0.15) is 0 Å². The predicted octanol–water partition coefficient (Wildman–Crippen LogP) is 5.90. The van der Waals surface area contributed by atoms with Crippen molar-refractivity contribution < 1.29 is 14.4 Å². The van der Waals surface area contributed by atoms with Gasteiger partial charge in [0.2, 0.25) is 5.91 Å². The molecular weight excluding hydrogens is 514 g/mol. The van der Waals surface area contributed by atoms with E-state index in [1.807, 2.05) is 39.9 Å². The lowest BCUT2D eigenvalue weighted by Gasteiger charge is -2.30. The summed E-state index contributed by atoms with van der Waals surface area (Å²) >= 11 is 4.46. The molecule has 2 fully saturated rings. The van der Waals surface area contributed by atoms with Crippen molar-refractivity contribution in [2.45, 2.75) is 26.3 Å². The van der Waals surface area contributed by atoms with Gasteiger partial charge in [-0.3, -0.25) is 14.4 Å². The average Bonchev–Trinajstić information content (AvgIpc) is 3.30. The third kappa shape index (κ3) is 4.44. The fourth-order valence-corrected chi connectivity index (χ4v) is 5.65. The van der Waals surface area contributed by atoms with Crippen molar-refractivity contribution in [2.75, 3.05) is 18.0 Å². The summed E-state index contributed by atoms with van der Waals surface area (Å²) in [7, 11) is 0. The zero-order chi connectivity index (χ0) is 23.8. The molecule has 2 aromatic carbocycles. The van der Waals surface area contributed by atoms with Crippen LogP contribution in [0.25, 0.3) is 17.0 Å². The molecule has 0 N–H and O–H groups in total. The third-order valence-corrected chi connectivity index (χ3v) is 7.77. The van der Waals surface area contributed by atoms with Crippen molar-refractivity contribution in [1.82, 2.24) is 9.47 Å². The number of rotatable bonds is 4. The summed E-state index contributed by atoms with van der Waals surface area (Å²) in [6.45, 7) is 4.06. The van der Waals surface area contributed by atoms with Gasteiger partial charge in [-0.05, 0) is 66.9 Å². The molecule has 0 saturated carbocycles. The van der Waals surface area contributed by atoms with E-state index >= 15 is 0 Å². The Morgan fingerprint density at radius 1 is 1.12 bits per heavy atom. The molecule has 5 rings (SSSR count). The number of amides is 3. The van der Waals surface area contributed by atoms with E-state index in [2.05, 4.69) is 22.9 Å². The number of carbonyl (C=O) groups excluding carboxylic acids is 3. The molecule has 8 heteroatoms. The zero-order valence-electron chi connectivity index (χ0n) is 18.7. The molecular formula is C26H24BrN3O3S. The molecule has 0 spiro atoms. The number of hydrogen-bond donors (Lipinski definition) is 0. The van der Waals surface area contributed by atoms with E-state index in [-0.39, 0.29) is 23.6 Å². The van der Waals surface area contributed by atoms with Gasteiger partial charge >= 0.3 is 0 Å². The van der Waals surface area contributed by atoms with Gasteiger partial charge in [-0.15, -0.1) is 0 Å². The van der Waals surface area contributed by atoms with Crippen LogP contribution in [0.15, 0.2) is 64.1 Å². The van der Waals surface area contributed by atoms with E-state index in [0.29, 0.717) is 16.5 Å². The molecule has 3 aromatic rings. The molecule has 1 aromatic heterocycles. The van der Waals surface area contributed by atoms with Crippen LogP contribution in [-0.4, -0.2) is 39.6 Å². The Hall–Kier alpha value is -2.84. The Balaban J connectivity index is 1.46. The minimum absolute atomic E-state index is 0.0997. The normalized spacial score (nSPS) is 18.5. The maximum atomic E-state index is 13.1. The second-order valence-corrected chi connectivity index (χ2v) is 10.7. The van der Waals surface area contributed by atoms with E-state index in [1.165, 1.54) is 4.90 Å². The summed E-state index contributed by atoms with van der Waals surface area (Å²) in [6.07, 6.45) is 5.73. The maximum Gasteiger partial charge on any atom is 0.298 e. The molecule has 3 heterocycles. The third-order valence-electron chi connectivity index (χ3n) is 6.41. The molecule has 174 valence electrons. The number of hydrogen-bond acceptors (Lipinski definition) is 4. The second kappa shape index (κ2) is 9.43. The molecule has 0 radical (unpaired) electrons. The number of likely N-dealkylation sites (tertiary alicyclic amines) is 1. The highest BCUT2D eigenvalue weighted by molar-refractivity contribution is 9.10. The standard InChI is InChI=1S/C26H24BrN3O3S/c1-17-9-11-28(12-10-17)24(31)16-29-15-18(21-14-19(27)7-8-22(21)29)13-23-25(32)30(26(33)34-23)20-5-3-2-4-6-20/h2-8,13-15,17H,9-12,16H2,1H3/b23-13-. The number of nitrogens with zero attached hydrogens (tertiary/aromatic N) is 3. The van der Waals surface area contributed by atoms with Crippen LogP contribution < -0.4 is 4.90 Å².